The Morgan fingerprint density at radius 1 is 1.04 bits per heavy atom. The van der Waals surface area contributed by atoms with Gasteiger partial charge in [0, 0.05) is 12.6 Å². The van der Waals surface area contributed by atoms with E-state index in [1.165, 1.54) is 68.9 Å². The monoisotopic (exact) mass is 388 g/mol. The first-order valence-electron chi connectivity index (χ1n) is 8.48. The van der Waals surface area contributed by atoms with E-state index >= 15 is 0 Å². The number of rotatable bonds is 3. The van der Waals surface area contributed by atoms with Crippen LogP contribution in [0.4, 0.5) is 0 Å². The minimum absolute atomic E-state index is 0. The van der Waals surface area contributed by atoms with Gasteiger partial charge in [-0.25, -0.2) is 0 Å². The fourth-order valence-electron chi connectivity index (χ4n) is 4.09. The Labute approximate surface area is 160 Å². The smallest absolute Gasteiger partial charge is 0.105 e. The fourth-order valence-corrected chi connectivity index (χ4v) is 4.61. The number of piperidine rings is 1. The van der Waals surface area contributed by atoms with E-state index in [9.17, 15) is 0 Å². The van der Waals surface area contributed by atoms with E-state index in [1.54, 1.807) is 0 Å². The van der Waals surface area contributed by atoms with Crippen molar-refractivity contribution in [2.75, 3.05) is 13.1 Å². The second-order valence-corrected chi connectivity index (χ2v) is 7.52. The average Bonchev–Trinajstić information content (AvgIpc) is 3.03. The first kappa shape index (κ1) is 19.9. The van der Waals surface area contributed by atoms with Crippen molar-refractivity contribution in [3.63, 3.8) is 0 Å². The summed E-state index contributed by atoms with van der Waals surface area (Å²) in [5.74, 6) is 0. The molecule has 0 unspecified atom stereocenters. The molecule has 1 aromatic carbocycles. The van der Waals surface area contributed by atoms with Crippen molar-refractivity contribution in [2.24, 2.45) is 5.41 Å². The molecule has 0 atom stereocenters. The van der Waals surface area contributed by atoms with Gasteiger partial charge in [-0.1, -0.05) is 6.07 Å². The SMILES string of the molecule is Cl.Cl.c1cc2nsnc2cc1CNC1CCC2(CCNCC2)CC1. The molecule has 1 spiro atoms. The van der Waals surface area contributed by atoms with Gasteiger partial charge < -0.3 is 10.6 Å². The Kier molecular flexibility index (Phi) is 7.25. The molecular weight excluding hydrogens is 363 g/mol. The van der Waals surface area contributed by atoms with Crippen LogP contribution in [0.25, 0.3) is 11.0 Å². The molecule has 1 aliphatic carbocycles. The Hall–Kier alpha value is -0.460. The maximum Gasteiger partial charge on any atom is 0.105 e. The highest BCUT2D eigenvalue weighted by Crippen LogP contribution is 2.43. The summed E-state index contributed by atoms with van der Waals surface area (Å²) >= 11 is 1.29. The van der Waals surface area contributed by atoms with Gasteiger partial charge in [-0.15, -0.1) is 24.8 Å². The molecule has 7 heteroatoms. The predicted molar refractivity (Wildman–Crippen MR) is 106 cm³/mol. The van der Waals surface area contributed by atoms with Crippen LogP contribution in [-0.4, -0.2) is 27.9 Å². The molecule has 1 aliphatic heterocycles. The van der Waals surface area contributed by atoms with Gasteiger partial charge >= 0.3 is 0 Å². The fraction of sp³-hybridized carbons (Fsp3) is 0.647. The first-order valence-corrected chi connectivity index (χ1v) is 9.21. The van der Waals surface area contributed by atoms with E-state index in [0.717, 1.165) is 17.6 Å². The standard InChI is InChI=1S/C17H24N4S.2ClH/c1-2-15-16(21-22-20-15)11-13(1)12-19-14-3-5-17(6-4-14)7-9-18-10-8-17;;/h1-2,11,14,18-19H,3-10,12H2;2*1H. The van der Waals surface area contributed by atoms with Crippen LogP contribution in [0, 0.1) is 5.41 Å². The summed E-state index contributed by atoms with van der Waals surface area (Å²) in [5, 5.41) is 7.26. The molecule has 2 aromatic rings. The molecule has 0 amide bonds. The number of halogens is 2. The van der Waals surface area contributed by atoms with Crippen LogP contribution in [0.5, 0.6) is 0 Å². The lowest BCUT2D eigenvalue weighted by Crippen LogP contribution is -2.42. The summed E-state index contributed by atoms with van der Waals surface area (Å²) in [7, 11) is 0. The summed E-state index contributed by atoms with van der Waals surface area (Å²) < 4.78 is 8.59. The Morgan fingerprint density at radius 3 is 2.50 bits per heavy atom. The minimum atomic E-state index is 0. The Bertz CT molecular complexity index is 632. The maximum atomic E-state index is 4.33. The number of benzene rings is 1. The van der Waals surface area contributed by atoms with Gasteiger partial charge in [-0.05, 0) is 74.7 Å². The van der Waals surface area contributed by atoms with Gasteiger partial charge in [0.15, 0.2) is 0 Å². The molecule has 1 aromatic heterocycles. The third-order valence-electron chi connectivity index (χ3n) is 5.62. The van der Waals surface area contributed by atoms with E-state index in [1.807, 2.05) is 0 Å². The highest BCUT2D eigenvalue weighted by atomic mass is 35.5. The molecule has 0 bridgehead atoms. The molecule has 2 fully saturated rings. The van der Waals surface area contributed by atoms with Gasteiger partial charge in [-0.2, -0.15) is 8.75 Å². The molecule has 24 heavy (non-hydrogen) atoms. The van der Waals surface area contributed by atoms with Gasteiger partial charge in [-0.3, -0.25) is 0 Å². The minimum Gasteiger partial charge on any atom is -0.317 e. The lowest BCUT2D eigenvalue weighted by molar-refractivity contribution is 0.115. The summed E-state index contributed by atoms with van der Waals surface area (Å²) in [6.07, 6.45) is 8.24. The number of aromatic nitrogens is 2. The van der Waals surface area contributed by atoms with E-state index in [-0.39, 0.29) is 24.8 Å². The van der Waals surface area contributed by atoms with Crippen molar-refractivity contribution in [3.05, 3.63) is 23.8 Å². The summed E-state index contributed by atoms with van der Waals surface area (Å²) in [6.45, 7) is 3.40. The van der Waals surface area contributed by atoms with E-state index in [0.29, 0.717) is 11.5 Å². The zero-order valence-corrected chi connectivity index (χ0v) is 16.2. The Morgan fingerprint density at radius 2 is 1.75 bits per heavy atom. The second-order valence-electron chi connectivity index (χ2n) is 6.99. The third kappa shape index (κ3) is 4.38. The molecule has 2 N–H and O–H groups in total. The second kappa shape index (κ2) is 8.77. The predicted octanol–water partition coefficient (Wildman–Crippen LogP) is 3.94. The molecule has 4 nitrogen and oxygen atoms in total. The molecule has 4 rings (SSSR count). The highest BCUT2D eigenvalue weighted by molar-refractivity contribution is 7.00. The third-order valence-corrected chi connectivity index (χ3v) is 6.18. The number of nitrogens with zero attached hydrogens (tertiary/aromatic N) is 2. The quantitative estimate of drug-likeness (QED) is 0.835. The van der Waals surface area contributed by atoms with Crippen molar-refractivity contribution < 1.29 is 0 Å². The number of hydrogen-bond donors (Lipinski definition) is 2. The van der Waals surface area contributed by atoms with Crippen LogP contribution >= 0.6 is 36.5 Å². The number of fused-ring (bicyclic) bond motifs is 1. The van der Waals surface area contributed by atoms with E-state index < -0.39 is 0 Å². The largest absolute Gasteiger partial charge is 0.317 e. The lowest BCUT2D eigenvalue weighted by atomic mass is 9.67. The zero-order valence-electron chi connectivity index (χ0n) is 13.8. The number of hydrogen-bond acceptors (Lipinski definition) is 5. The first-order chi connectivity index (χ1) is 10.8. The molecule has 134 valence electrons. The van der Waals surface area contributed by atoms with E-state index in [2.05, 4.69) is 37.6 Å². The van der Waals surface area contributed by atoms with Crippen LogP contribution in [0.1, 0.15) is 44.1 Å². The van der Waals surface area contributed by atoms with Crippen molar-refractivity contribution in [1.29, 1.82) is 0 Å². The van der Waals surface area contributed by atoms with Crippen molar-refractivity contribution >= 4 is 47.6 Å². The maximum absolute atomic E-state index is 4.33. The number of nitrogens with one attached hydrogen (secondary N) is 2. The summed E-state index contributed by atoms with van der Waals surface area (Å²) in [5.41, 5.74) is 4.03. The topological polar surface area (TPSA) is 49.8 Å². The van der Waals surface area contributed by atoms with E-state index in [4.69, 9.17) is 0 Å². The van der Waals surface area contributed by atoms with Crippen molar-refractivity contribution in [2.45, 2.75) is 51.1 Å². The van der Waals surface area contributed by atoms with Crippen LogP contribution in [-0.2, 0) is 6.54 Å². The molecule has 1 saturated heterocycles. The molecule has 0 radical (unpaired) electrons. The molecule has 2 heterocycles. The van der Waals surface area contributed by atoms with Gasteiger partial charge in [0.2, 0.25) is 0 Å². The Balaban J connectivity index is 0.00000104. The van der Waals surface area contributed by atoms with Gasteiger partial charge in [0.05, 0.1) is 11.7 Å². The van der Waals surface area contributed by atoms with Crippen LogP contribution in [0.15, 0.2) is 18.2 Å². The lowest BCUT2D eigenvalue weighted by Gasteiger charge is -2.43. The molecule has 1 saturated carbocycles. The summed E-state index contributed by atoms with van der Waals surface area (Å²) in [6, 6.07) is 7.11. The highest BCUT2D eigenvalue weighted by Gasteiger charge is 2.35. The normalized spacial score (nSPS) is 20.5. The van der Waals surface area contributed by atoms with Crippen LogP contribution in [0.3, 0.4) is 0 Å². The molecule has 2 aliphatic rings. The van der Waals surface area contributed by atoms with Crippen LogP contribution < -0.4 is 10.6 Å². The molecular formula is C17H26Cl2N4S. The van der Waals surface area contributed by atoms with Crippen LogP contribution in [0.2, 0.25) is 0 Å². The average molecular weight is 389 g/mol. The zero-order chi connectivity index (χ0) is 14.8. The van der Waals surface area contributed by atoms with Crippen molar-refractivity contribution in [3.8, 4) is 0 Å². The van der Waals surface area contributed by atoms with Gasteiger partial charge in [0.25, 0.3) is 0 Å². The van der Waals surface area contributed by atoms with Crippen molar-refractivity contribution in [1.82, 2.24) is 19.4 Å². The summed E-state index contributed by atoms with van der Waals surface area (Å²) in [4.78, 5) is 0. The van der Waals surface area contributed by atoms with Gasteiger partial charge in [0.1, 0.15) is 11.0 Å².